The second-order valence-corrected chi connectivity index (χ2v) is 6.55. The van der Waals surface area contributed by atoms with Crippen LogP contribution in [0.25, 0.3) is 11.3 Å². The quantitative estimate of drug-likeness (QED) is 0.681. The van der Waals surface area contributed by atoms with Crippen LogP contribution in [0.1, 0.15) is 6.92 Å². The molecule has 0 spiro atoms. The first-order valence-corrected chi connectivity index (χ1v) is 8.71. The molecule has 1 amide bonds. The highest BCUT2D eigenvalue weighted by Crippen LogP contribution is 2.25. The molecule has 1 atom stereocenters. The van der Waals surface area contributed by atoms with E-state index in [-0.39, 0.29) is 11.7 Å². The average molecular weight is 377 g/mol. The molecular weight excluding hydrogens is 363 g/mol. The maximum absolute atomic E-state index is 13.0. The van der Waals surface area contributed by atoms with Gasteiger partial charge in [-0.15, -0.1) is 11.3 Å². The van der Waals surface area contributed by atoms with Crippen LogP contribution in [0, 0.1) is 5.82 Å². The van der Waals surface area contributed by atoms with Crippen molar-refractivity contribution in [1.82, 2.24) is 4.98 Å². The minimum atomic E-state index is -0.711. The number of carbonyl (C=O) groups is 1. The van der Waals surface area contributed by atoms with Gasteiger partial charge in [0.25, 0.3) is 5.91 Å². The molecule has 0 unspecified atom stereocenters. The summed E-state index contributed by atoms with van der Waals surface area (Å²) in [6.45, 7) is 1.64. The first-order valence-electron chi connectivity index (χ1n) is 7.46. The summed E-state index contributed by atoms with van der Waals surface area (Å²) in [6.07, 6.45) is -0.711. The number of ether oxygens (including phenoxy) is 1. The van der Waals surface area contributed by atoms with E-state index in [2.05, 4.69) is 10.3 Å². The Morgan fingerprint density at radius 3 is 2.76 bits per heavy atom. The molecule has 25 heavy (non-hydrogen) atoms. The Bertz CT molecular complexity index is 883. The highest BCUT2D eigenvalue weighted by molar-refractivity contribution is 7.14. The van der Waals surface area contributed by atoms with Crippen molar-refractivity contribution in [3.05, 3.63) is 64.8 Å². The highest BCUT2D eigenvalue weighted by atomic mass is 35.5. The van der Waals surface area contributed by atoms with Gasteiger partial charge in [0.2, 0.25) is 0 Å². The number of nitrogens with one attached hydrogen (secondary N) is 1. The van der Waals surface area contributed by atoms with Crippen LogP contribution in [0.4, 0.5) is 9.52 Å². The maximum Gasteiger partial charge on any atom is 0.266 e. The van der Waals surface area contributed by atoms with Crippen molar-refractivity contribution in [3.63, 3.8) is 0 Å². The largest absolute Gasteiger partial charge is 0.481 e. The zero-order chi connectivity index (χ0) is 17.8. The lowest BCUT2D eigenvalue weighted by molar-refractivity contribution is -0.122. The molecule has 3 aromatic rings. The molecule has 0 bridgehead atoms. The Morgan fingerprint density at radius 1 is 1.28 bits per heavy atom. The molecule has 1 N–H and O–H groups in total. The third-order valence-corrected chi connectivity index (χ3v) is 4.35. The number of anilines is 1. The van der Waals surface area contributed by atoms with Crippen LogP contribution in [-0.2, 0) is 4.79 Å². The third-order valence-electron chi connectivity index (χ3n) is 3.35. The number of amides is 1. The number of nitrogens with zero attached hydrogens (tertiary/aromatic N) is 1. The standard InChI is InChI=1S/C18H14ClFN2O2S/c1-11(24-15-4-2-3-13(19)9-15)17(23)22-18-21-16(10-25-18)12-5-7-14(20)8-6-12/h2-11H,1H3,(H,21,22,23)/t11-/m0/s1. The zero-order valence-electron chi connectivity index (χ0n) is 13.2. The van der Waals surface area contributed by atoms with Crippen LogP contribution in [0.2, 0.25) is 5.02 Å². The zero-order valence-corrected chi connectivity index (χ0v) is 14.8. The van der Waals surface area contributed by atoms with Crippen molar-refractivity contribution in [2.45, 2.75) is 13.0 Å². The number of halogens is 2. The summed E-state index contributed by atoms with van der Waals surface area (Å²) in [5.41, 5.74) is 1.45. The Kier molecular flexibility index (Phi) is 5.31. The van der Waals surface area contributed by atoms with Gasteiger partial charge in [0.05, 0.1) is 5.69 Å². The summed E-state index contributed by atoms with van der Waals surface area (Å²) < 4.78 is 18.5. The van der Waals surface area contributed by atoms with Crippen LogP contribution in [0.15, 0.2) is 53.9 Å². The Balaban J connectivity index is 1.64. The second kappa shape index (κ2) is 7.63. The molecule has 1 heterocycles. The number of aromatic nitrogens is 1. The van der Waals surface area contributed by atoms with E-state index in [1.54, 1.807) is 48.7 Å². The average Bonchev–Trinajstić information content (AvgIpc) is 3.04. The molecule has 0 aliphatic carbocycles. The van der Waals surface area contributed by atoms with Gasteiger partial charge in [-0.25, -0.2) is 9.37 Å². The van der Waals surface area contributed by atoms with Crippen molar-refractivity contribution in [2.75, 3.05) is 5.32 Å². The molecule has 128 valence electrons. The first kappa shape index (κ1) is 17.4. The maximum atomic E-state index is 13.0. The Labute approximate surface area is 153 Å². The van der Waals surface area contributed by atoms with Crippen molar-refractivity contribution in [2.24, 2.45) is 0 Å². The minimum absolute atomic E-state index is 0.306. The lowest BCUT2D eigenvalue weighted by Crippen LogP contribution is -2.30. The molecule has 0 aliphatic rings. The van der Waals surface area contributed by atoms with Gasteiger partial charge < -0.3 is 4.74 Å². The summed E-state index contributed by atoms with van der Waals surface area (Å²) in [7, 11) is 0. The van der Waals surface area contributed by atoms with Crippen LogP contribution >= 0.6 is 22.9 Å². The molecule has 0 saturated heterocycles. The number of hydrogen-bond acceptors (Lipinski definition) is 4. The van der Waals surface area contributed by atoms with Crippen LogP contribution in [0.5, 0.6) is 5.75 Å². The number of thiazole rings is 1. The van der Waals surface area contributed by atoms with Crippen molar-refractivity contribution < 1.29 is 13.9 Å². The van der Waals surface area contributed by atoms with Gasteiger partial charge in [0.15, 0.2) is 11.2 Å². The van der Waals surface area contributed by atoms with Crippen LogP contribution in [0.3, 0.4) is 0 Å². The van der Waals surface area contributed by atoms with Gasteiger partial charge in [-0.1, -0.05) is 17.7 Å². The van der Waals surface area contributed by atoms with E-state index in [4.69, 9.17) is 16.3 Å². The van der Waals surface area contributed by atoms with Crippen LogP contribution in [-0.4, -0.2) is 17.0 Å². The molecule has 0 aliphatic heterocycles. The molecule has 0 saturated carbocycles. The lowest BCUT2D eigenvalue weighted by Gasteiger charge is -2.13. The fraction of sp³-hybridized carbons (Fsp3) is 0.111. The van der Waals surface area contributed by atoms with Gasteiger partial charge >= 0.3 is 0 Å². The summed E-state index contributed by atoms with van der Waals surface area (Å²) in [5.74, 6) is -0.110. The summed E-state index contributed by atoms with van der Waals surface area (Å²) in [4.78, 5) is 16.6. The normalized spacial score (nSPS) is 11.8. The van der Waals surface area contributed by atoms with Crippen molar-refractivity contribution in [3.8, 4) is 17.0 Å². The fourth-order valence-corrected chi connectivity index (χ4v) is 2.99. The summed E-state index contributed by atoms with van der Waals surface area (Å²) >= 11 is 7.19. The molecule has 1 aromatic heterocycles. The van der Waals surface area contributed by atoms with E-state index in [0.717, 1.165) is 5.56 Å². The number of rotatable bonds is 5. The van der Waals surface area contributed by atoms with Gasteiger partial charge in [0, 0.05) is 16.0 Å². The topological polar surface area (TPSA) is 51.2 Å². The molecule has 7 heteroatoms. The summed E-state index contributed by atoms with van der Waals surface area (Å²) in [5, 5.41) is 5.50. The molecular formula is C18H14ClFN2O2S. The highest BCUT2D eigenvalue weighted by Gasteiger charge is 2.17. The number of hydrogen-bond donors (Lipinski definition) is 1. The summed E-state index contributed by atoms with van der Waals surface area (Å²) in [6, 6.07) is 12.9. The first-order chi connectivity index (χ1) is 12.0. The third kappa shape index (κ3) is 4.55. The monoisotopic (exact) mass is 376 g/mol. The Morgan fingerprint density at radius 2 is 2.04 bits per heavy atom. The molecule has 0 fully saturated rings. The van der Waals surface area contributed by atoms with E-state index in [0.29, 0.717) is 21.6 Å². The fourth-order valence-electron chi connectivity index (χ4n) is 2.09. The molecule has 2 aromatic carbocycles. The predicted octanol–water partition coefficient (Wildman–Crippen LogP) is 5.01. The molecule has 3 rings (SSSR count). The number of carbonyl (C=O) groups excluding carboxylic acids is 1. The van der Waals surface area contributed by atoms with Crippen LogP contribution < -0.4 is 10.1 Å². The minimum Gasteiger partial charge on any atom is -0.481 e. The van der Waals surface area contributed by atoms with E-state index < -0.39 is 6.10 Å². The van der Waals surface area contributed by atoms with Crippen molar-refractivity contribution in [1.29, 1.82) is 0 Å². The van der Waals surface area contributed by atoms with E-state index in [1.165, 1.54) is 23.5 Å². The predicted molar refractivity (Wildman–Crippen MR) is 97.7 cm³/mol. The van der Waals surface area contributed by atoms with E-state index in [1.807, 2.05) is 0 Å². The second-order valence-electron chi connectivity index (χ2n) is 5.25. The smallest absolute Gasteiger partial charge is 0.266 e. The van der Waals surface area contributed by atoms with E-state index >= 15 is 0 Å². The lowest BCUT2D eigenvalue weighted by atomic mass is 10.2. The van der Waals surface area contributed by atoms with Gasteiger partial charge in [-0.2, -0.15) is 0 Å². The SMILES string of the molecule is C[C@H](Oc1cccc(Cl)c1)C(=O)Nc1nc(-c2ccc(F)cc2)cs1. The number of benzene rings is 2. The van der Waals surface area contributed by atoms with Gasteiger partial charge in [-0.3, -0.25) is 10.1 Å². The molecule has 4 nitrogen and oxygen atoms in total. The van der Waals surface area contributed by atoms with Gasteiger partial charge in [0.1, 0.15) is 11.6 Å². The van der Waals surface area contributed by atoms with E-state index in [9.17, 15) is 9.18 Å². The Hall–Kier alpha value is -2.44. The van der Waals surface area contributed by atoms with Crippen molar-refractivity contribution >= 4 is 34.0 Å². The van der Waals surface area contributed by atoms with Gasteiger partial charge in [-0.05, 0) is 49.4 Å². The molecule has 0 radical (unpaired) electrons.